The van der Waals surface area contributed by atoms with E-state index in [4.69, 9.17) is 4.74 Å². The van der Waals surface area contributed by atoms with Crippen molar-refractivity contribution in [2.45, 2.75) is 23.8 Å². The van der Waals surface area contributed by atoms with Crippen LogP contribution in [0.3, 0.4) is 0 Å². The van der Waals surface area contributed by atoms with E-state index in [1.165, 1.54) is 4.31 Å². The van der Waals surface area contributed by atoms with Gasteiger partial charge in [-0.25, -0.2) is 8.42 Å². The molecule has 2 saturated heterocycles. The normalized spacial score (nSPS) is 19.8. The van der Waals surface area contributed by atoms with Crippen LogP contribution in [0, 0.1) is 0 Å². The van der Waals surface area contributed by atoms with Gasteiger partial charge in [-0.2, -0.15) is 13.1 Å². The molecule has 11 heteroatoms. The largest absolute Gasteiger partial charge is 0.497 e. The lowest BCUT2D eigenvalue weighted by atomic mass is 10.1. The van der Waals surface area contributed by atoms with Crippen LogP contribution in [0.15, 0.2) is 47.4 Å². The molecule has 174 valence electrons. The zero-order chi connectivity index (χ0) is 23.0. The number of rotatable bonds is 5. The first-order valence-corrected chi connectivity index (χ1v) is 13.1. The number of piperazine rings is 1. The van der Waals surface area contributed by atoms with E-state index in [1.54, 1.807) is 30.2 Å². The van der Waals surface area contributed by atoms with Gasteiger partial charge in [0, 0.05) is 38.4 Å². The average molecular weight is 488 g/mol. The summed E-state index contributed by atoms with van der Waals surface area (Å²) in [5.74, 6) is 0.688. The van der Waals surface area contributed by atoms with Gasteiger partial charge in [0.05, 0.1) is 18.8 Å². The average Bonchev–Trinajstić information content (AvgIpc) is 3.54. The topological polar surface area (TPSA) is 95.9 Å². The number of carbonyl (C=O) groups excluding carboxylic acids is 1. The Kier molecular flexibility index (Phi) is 5.94. The highest BCUT2D eigenvalue weighted by molar-refractivity contribution is 7.89. The molecule has 0 saturated carbocycles. The predicted molar refractivity (Wildman–Crippen MR) is 126 cm³/mol. The third-order valence-corrected chi connectivity index (χ3v) is 8.84. The molecule has 1 aromatic heterocycles. The summed E-state index contributed by atoms with van der Waals surface area (Å²) < 4.78 is 41.9. The Morgan fingerprint density at radius 3 is 2.52 bits per heavy atom. The molecule has 0 spiro atoms. The molecule has 33 heavy (non-hydrogen) atoms. The number of benzene rings is 2. The van der Waals surface area contributed by atoms with Crippen molar-refractivity contribution in [1.29, 1.82) is 0 Å². The smallest absolute Gasteiger partial charge is 0.246 e. The number of fused-ring (bicyclic) bond motifs is 1. The van der Waals surface area contributed by atoms with E-state index >= 15 is 0 Å². The van der Waals surface area contributed by atoms with Crippen LogP contribution >= 0.6 is 11.7 Å². The third kappa shape index (κ3) is 4.04. The summed E-state index contributed by atoms with van der Waals surface area (Å²) in [5.41, 5.74) is 2.00. The van der Waals surface area contributed by atoms with Gasteiger partial charge in [-0.15, -0.1) is 0 Å². The van der Waals surface area contributed by atoms with Gasteiger partial charge >= 0.3 is 0 Å². The summed E-state index contributed by atoms with van der Waals surface area (Å²) in [6.45, 7) is 2.84. The Morgan fingerprint density at radius 1 is 1.03 bits per heavy atom. The predicted octanol–water partition coefficient (Wildman–Crippen LogP) is 2.20. The van der Waals surface area contributed by atoms with Gasteiger partial charge in [-0.05, 0) is 49.2 Å². The highest BCUT2D eigenvalue weighted by Crippen LogP contribution is 2.31. The fourth-order valence-electron chi connectivity index (χ4n) is 4.58. The number of hydrogen-bond acceptors (Lipinski definition) is 8. The first kappa shape index (κ1) is 22.1. The molecule has 0 N–H and O–H groups in total. The zero-order valence-electron chi connectivity index (χ0n) is 18.3. The minimum Gasteiger partial charge on any atom is -0.497 e. The van der Waals surface area contributed by atoms with Crippen molar-refractivity contribution in [3.63, 3.8) is 0 Å². The van der Waals surface area contributed by atoms with Crippen molar-refractivity contribution in [3.8, 4) is 5.75 Å². The van der Waals surface area contributed by atoms with Crippen LogP contribution in [-0.2, 0) is 14.8 Å². The fourth-order valence-corrected chi connectivity index (χ4v) is 6.98. The summed E-state index contributed by atoms with van der Waals surface area (Å²) in [6.07, 6.45) is 1.19. The van der Waals surface area contributed by atoms with E-state index in [2.05, 4.69) is 13.6 Å². The molecule has 2 aliphatic rings. The molecule has 1 atom stereocenters. The molecule has 5 rings (SSSR count). The Labute approximate surface area is 196 Å². The van der Waals surface area contributed by atoms with Crippen molar-refractivity contribution in [2.24, 2.45) is 0 Å². The summed E-state index contributed by atoms with van der Waals surface area (Å²) in [5, 5.41) is 0. The van der Waals surface area contributed by atoms with Crippen molar-refractivity contribution in [1.82, 2.24) is 18.0 Å². The van der Waals surface area contributed by atoms with Crippen molar-refractivity contribution < 1.29 is 17.9 Å². The number of carbonyl (C=O) groups is 1. The SMILES string of the molecule is COc1ccc(N2CCN(C(=O)[C@H]3CCCN3S(=O)(=O)c3cccc4nsnc34)CC2)cc1. The van der Waals surface area contributed by atoms with E-state index in [-0.39, 0.29) is 10.8 Å². The van der Waals surface area contributed by atoms with Crippen LogP contribution in [0.25, 0.3) is 11.0 Å². The maximum Gasteiger partial charge on any atom is 0.246 e. The fraction of sp³-hybridized carbons (Fsp3) is 0.409. The lowest BCUT2D eigenvalue weighted by molar-refractivity contribution is -0.134. The number of methoxy groups -OCH3 is 1. The molecule has 0 unspecified atom stereocenters. The molecule has 0 radical (unpaired) electrons. The summed E-state index contributed by atoms with van der Waals surface area (Å²) in [6, 6.07) is 12.1. The second-order valence-corrected chi connectivity index (χ2v) is 10.6. The molecular weight excluding hydrogens is 462 g/mol. The molecule has 1 amide bonds. The van der Waals surface area contributed by atoms with Gasteiger partial charge in [-0.1, -0.05) is 6.07 Å². The van der Waals surface area contributed by atoms with E-state index < -0.39 is 16.1 Å². The molecule has 0 aliphatic carbocycles. The van der Waals surface area contributed by atoms with Gasteiger partial charge in [0.15, 0.2) is 0 Å². The minimum absolute atomic E-state index is 0.117. The summed E-state index contributed by atoms with van der Waals surface area (Å²) >= 11 is 0.986. The lowest BCUT2D eigenvalue weighted by Gasteiger charge is -2.38. The number of hydrogen-bond donors (Lipinski definition) is 0. The molecule has 9 nitrogen and oxygen atoms in total. The Bertz CT molecular complexity index is 1250. The molecule has 0 bridgehead atoms. The van der Waals surface area contributed by atoms with Gasteiger partial charge in [0.25, 0.3) is 0 Å². The lowest BCUT2D eigenvalue weighted by Crippen LogP contribution is -2.54. The Balaban J connectivity index is 1.30. The molecular formula is C22H25N5O4S2. The Hall–Kier alpha value is -2.76. The number of nitrogens with zero attached hydrogens (tertiary/aromatic N) is 5. The Morgan fingerprint density at radius 2 is 1.79 bits per heavy atom. The standard InChI is InChI=1S/C22H25N5O4S2/c1-31-17-9-7-16(8-10-17)25-12-14-26(15-13-25)22(28)19-5-3-11-27(19)33(29,30)20-6-2-4-18-21(20)24-32-23-18/h2,4,6-10,19H,3,5,11-15H2,1H3/t19-/m1/s1. The summed E-state index contributed by atoms with van der Waals surface area (Å²) in [7, 11) is -2.22. The van der Waals surface area contributed by atoms with Crippen LogP contribution in [0.1, 0.15) is 12.8 Å². The third-order valence-electron chi connectivity index (χ3n) is 6.35. The van der Waals surface area contributed by atoms with E-state index in [9.17, 15) is 13.2 Å². The van der Waals surface area contributed by atoms with Gasteiger partial charge < -0.3 is 14.5 Å². The summed E-state index contributed by atoms with van der Waals surface area (Å²) in [4.78, 5) is 17.5. The highest BCUT2D eigenvalue weighted by Gasteiger charge is 2.42. The van der Waals surface area contributed by atoms with Crippen LogP contribution in [0.4, 0.5) is 5.69 Å². The molecule has 2 aromatic carbocycles. The molecule has 2 aliphatic heterocycles. The van der Waals surface area contributed by atoms with Gasteiger partial charge in [0.1, 0.15) is 27.7 Å². The van der Waals surface area contributed by atoms with E-state index in [0.717, 1.165) is 23.2 Å². The van der Waals surface area contributed by atoms with Crippen LogP contribution in [0.2, 0.25) is 0 Å². The highest BCUT2D eigenvalue weighted by atomic mass is 32.2. The first-order valence-electron chi connectivity index (χ1n) is 10.9. The van der Waals surface area contributed by atoms with E-state index in [0.29, 0.717) is 56.6 Å². The van der Waals surface area contributed by atoms with Crippen molar-refractivity contribution in [2.75, 3.05) is 44.7 Å². The van der Waals surface area contributed by atoms with Crippen LogP contribution < -0.4 is 9.64 Å². The number of aromatic nitrogens is 2. The number of anilines is 1. The number of amides is 1. The maximum absolute atomic E-state index is 13.5. The van der Waals surface area contributed by atoms with Gasteiger partial charge in [0.2, 0.25) is 15.9 Å². The first-order chi connectivity index (χ1) is 16.0. The number of ether oxygens (including phenoxy) is 1. The monoisotopic (exact) mass is 487 g/mol. The van der Waals surface area contributed by atoms with Gasteiger partial charge in [-0.3, -0.25) is 4.79 Å². The molecule has 3 heterocycles. The molecule has 3 aromatic rings. The van der Waals surface area contributed by atoms with Crippen LogP contribution in [-0.4, -0.2) is 78.2 Å². The zero-order valence-corrected chi connectivity index (χ0v) is 19.9. The van der Waals surface area contributed by atoms with Crippen LogP contribution in [0.5, 0.6) is 5.75 Å². The number of sulfonamides is 1. The second-order valence-electron chi connectivity index (χ2n) is 8.17. The van der Waals surface area contributed by atoms with Crippen molar-refractivity contribution in [3.05, 3.63) is 42.5 Å². The van der Waals surface area contributed by atoms with E-state index in [1.807, 2.05) is 24.3 Å². The maximum atomic E-state index is 13.5. The molecule has 2 fully saturated rings. The minimum atomic E-state index is -3.86. The second kappa shape index (κ2) is 8.88. The van der Waals surface area contributed by atoms with Crippen molar-refractivity contribution >= 4 is 44.4 Å². The quantitative estimate of drug-likeness (QED) is 0.544.